The standard InChI is InChI=1S/C8H10Cl5NO/c1-4(2)14(8(15)7(12)13)3-5(9)6(10)11/h4,7H,3H2,1-2H3. The molecule has 88 valence electrons. The number of nitrogens with zero attached hydrogens (tertiary/aromatic N) is 1. The molecule has 7 heteroatoms. The predicted octanol–water partition coefficient (Wildman–Crippen LogP) is 3.91. The lowest BCUT2D eigenvalue weighted by molar-refractivity contribution is -0.130. The van der Waals surface area contributed by atoms with Gasteiger partial charge in [0.25, 0.3) is 5.91 Å². The van der Waals surface area contributed by atoms with E-state index >= 15 is 0 Å². The maximum Gasteiger partial charge on any atom is 0.256 e. The Morgan fingerprint density at radius 2 is 1.67 bits per heavy atom. The Morgan fingerprint density at radius 3 is 1.93 bits per heavy atom. The molecule has 0 atom stereocenters. The summed E-state index contributed by atoms with van der Waals surface area (Å²) in [4.78, 5) is 11.8. The zero-order valence-corrected chi connectivity index (χ0v) is 11.9. The normalized spacial score (nSPS) is 10.7. The van der Waals surface area contributed by atoms with Crippen molar-refractivity contribution in [3.05, 3.63) is 9.52 Å². The first-order chi connectivity index (χ1) is 6.77. The third kappa shape index (κ3) is 5.50. The fourth-order valence-electron chi connectivity index (χ4n) is 0.850. The second-order valence-electron chi connectivity index (χ2n) is 3.03. The summed E-state index contributed by atoms with van der Waals surface area (Å²) in [6.45, 7) is 3.71. The third-order valence-corrected chi connectivity index (χ3v) is 2.94. The summed E-state index contributed by atoms with van der Waals surface area (Å²) in [6, 6.07) is -0.0982. The lowest BCUT2D eigenvalue weighted by Crippen LogP contribution is -2.40. The minimum atomic E-state index is -1.12. The van der Waals surface area contributed by atoms with Crippen molar-refractivity contribution >= 4 is 63.9 Å². The van der Waals surface area contributed by atoms with Crippen molar-refractivity contribution in [3.63, 3.8) is 0 Å². The highest BCUT2D eigenvalue weighted by Crippen LogP contribution is 2.21. The third-order valence-electron chi connectivity index (χ3n) is 1.61. The maximum atomic E-state index is 11.5. The van der Waals surface area contributed by atoms with Gasteiger partial charge in [0.05, 0.1) is 11.6 Å². The van der Waals surface area contributed by atoms with Gasteiger partial charge in [-0.1, -0.05) is 58.0 Å². The average Bonchev–Trinajstić information content (AvgIpc) is 2.11. The van der Waals surface area contributed by atoms with Gasteiger partial charge in [-0.05, 0) is 13.8 Å². The molecule has 0 saturated carbocycles. The predicted molar refractivity (Wildman–Crippen MR) is 66.9 cm³/mol. The Labute approximate surface area is 114 Å². The van der Waals surface area contributed by atoms with E-state index in [1.54, 1.807) is 13.8 Å². The Balaban J connectivity index is 4.71. The van der Waals surface area contributed by atoms with Gasteiger partial charge in [0.1, 0.15) is 4.49 Å². The van der Waals surface area contributed by atoms with Crippen molar-refractivity contribution in [1.82, 2.24) is 4.90 Å². The van der Waals surface area contributed by atoms with Gasteiger partial charge >= 0.3 is 0 Å². The van der Waals surface area contributed by atoms with Crippen LogP contribution in [0.5, 0.6) is 0 Å². The van der Waals surface area contributed by atoms with Gasteiger partial charge in [-0.25, -0.2) is 0 Å². The molecule has 0 heterocycles. The largest absolute Gasteiger partial charge is 0.333 e. The van der Waals surface area contributed by atoms with E-state index in [4.69, 9.17) is 58.0 Å². The molecule has 0 spiro atoms. The number of amides is 1. The van der Waals surface area contributed by atoms with Crippen LogP contribution in [0.4, 0.5) is 0 Å². The second-order valence-corrected chi connectivity index (χ2v) is 5.53. The van der Waals surface area contributed by atoms with E-state index in [-0.39, 0.29) is 22.1 Å². The van der Waals surface area contributed by atoms with Crippen LogP contribution in [0.3, 0.4) is 0 Å². The van der Waals surface area contributed by atoms with E-state index in [2.05, 4.69) is 0 Å². The molecule has 0 aliphatic carbocycles. The molecule has 0 radical (unpaired) electrons. The van der Waals surface area contributed by atoms with Crippen LogP contribution in [0.25, 0.3) is 0 Å². The fraction of sp³-hybridized carbons (Fsp3) is 0.625. The van der Waals surface area contributed by atoms with Crippen molar-refractivity contribution in [1.29, 1.82) is 0 Å². The minimum Gasteiger partial charge on any atom is -0.333 e. The Morgan fingerprint density at radius 1 is 1.20 bits per heavy atom. The van der Waals surface area contributed by atoms with Crippen molar-refractivity contribution in [3.8, 4) is 0 Å². The summed E-state index contributed by atoms with van der Waals surface area (Å²) in [5, 5.41) is 0.175. The summed E-state index contributed by atoms with van der Waals surface area (Å²) in [6.07, 6.45) is 0. The van der Waals surface area contributed by atoms with Crippen LogP contribution in [-0.2, 0) is 4.79 Å². The van der Waals surface area contributed by atoms with Gasteiger partial charge in [0, 0.05) is 6.04 Å². The van der Waals surface area contributed by atoms with Crippen molar-refractivity contribution in [2.24, 2.45) is 0 Å². The molecular weight excluding hydrogens is 303 g/mol. The number of alkyl halides is 2. The summed E-state index contributed by atoms with van der Waals surface area (Å²) >= 11 is 27.6. The van der Waals surface area contributed by atoms with Crippen LogP contribution in [-0.4, -0.2) is 28.2 Å². The smallest absolute Gasteiger partial charge is 0.256 e. The van der Waals surface area contributed by atoms with E-state index in [1.165, 1.54) is 4.90 Å². The zero-order chi connectivity index (χ0) is 12.2. The molecule has 0 fully saturated rings. The Kier molecular flexibility index (Phi) is 7.39. The molecule has 15 heavy (non-hydrogen) atoms. The van der Waals surface area contributed by atoms with Gasteiger partial charge in [-0.2, -0.15) is 0 Å². The van der Waals surface area contributed by atoms with Crippen LogP contribution >= 0.6 is 58.0 Å². The van der Waals surface area contributed by atoms with Crippen molar-refractivity contribution in [2.45, 2.75) is 24.7 Å². The number of hydrogen-bond acceptors (Lipinski definition) is 1. The van der Waals surface area contributed by atoms with Crippen molar-refractivity contribution in [2.75, 3.05) is 6.54 Å². The van der Waals surface area contributed by atoms with Gasteiger partial charge in [-0.15, -0.1) is 0 Å². The maximum absolute atomic E-state index is 11.5. The van der Waals surface area contributed by atoms with Gasteiger partial charge in [0.15, 0.2) is 4.84 Å². The molecule has 0 rings (SSSR count). The summed E-state index contributed by atoms with van der Waals surface area (Å²) in [5.74, 6) is -0.430. The fourth-order valence-corrected chi connectivity index (χ4v) is 1.35. The summed E-state index contributed by atoms with van der Waals surface area (Å²) < 4.78 is -0.0733. The quantitative estimate of drug-likeness (QED) is 0.721. The molecule has 0 aromatic heterocycles. The first-order valence-corrected chi connectivity index (χ1v) is 6.06. The monoisotopic (exact) mass is 311 g/mol. The Hall–Kier alpha value is 0.660. The molecule has 0 aliphatic heterocycles. The van der Waals surface area contributed by atoms with Crippen LogP contribution in [0.2, 0.25) is 0 Å². The van der Waals surface area contributed by atoms with Crippen LogP contribution < -0.4 is 0 Å². The first-order valence-electron chi connectivity index (χ1n) is 4.05. The molecule has 0 unspecified atom stereocenters. The molecule has 2 nitrogen and oxygen atoms in total. The first kappa shape index (κ1) is 15.7. The number of carbonyl (C=O) groups excluding carboxylic acids is 1. The molecule has 0 aliphatic rings. The Bertz CT molecular complexity index is 260. The minimum absolute atomic E-state index is 0.0733. The molecule has 0 saturated heterocycles. The van der Waals surface area contributed by atoms with E-state index in [1.807, 2.05) is 0 Å². The lowest BCUT2D eigenvalue weighted by atomic mass is 10.3. The van der Waals surface area contributed by atoms with Gasteiger partial charge < -0.3 is 4.90 Å². The number of hydrogen-bond donors (Lipinski definition) is 0. The van der Waals surface area contributed by atoms with Crippen LogP contribution in [0, 0.1) is 0 Å². The molecule has 0 bridgehead atoms. The van der Waals surface area contributed by atoms with Crippen LogP contribution in [0.1, 0.15) is 13.8 Å². The van der Waals surface area contributed by atoms with E-state index in [0.717, 1.165) is 0 Å². The zero-order valence-electron chi connectivity index (χ0n) is 8.11. The summed E-state index contributed by atoms with van der Waals surface area (Å²) in [5.41, 5.74) is 0. The molecular formula is C8H10Cl5NO. The van der Waals surface area contributed by atoms with Crippen molar-refractivity contribution < 1.29 is 4.79 Å². The molecule has 0 aromatic rings. The van der Waals surface area contributed by atoms with E-state index in [0.29, 0.717) is 0 Å². The average molecular weight is 313 g/mol. The molecule has 0 aromatic carbocycles. The number of carbonyl (C=O) groups is 1. The second kappa shape index (κ2) is 7.08. The summed E-state index contributed by atoms with van der Waals surface area (Å²) in [7, 11) is 0. The highest BCUT2D eigenvalue weighted by Gasteiger charge is 2.23. The van der Waals surface area contributed by atoms with Gasteiger partial charge in [0.2, 0.25) is 0 Å². The molecule has 0 N–H and O–H groups in total. The lowest BCUT2D eigenvalue weighted by Gasteiger charge is -2.26. The number of halogens is 5. The topological polar surface area (TPSA) is 20.3 Å². The highest BCUT2D eigenvalue weighted by molar-refractivity contribution is 6.59. The van der Waals surface area contributed by atoms with E-state index < -0.39 is 10.7 Å². The SMILES string of the molecule is CC(C)N(CC(Cl)=C(Cl)Cl)C(=O)C(Cl)Cl. The van der Waals surface area contributed by atoms with Gasteiger partial charge in [-0.3, -0.25) is 4.79 Å². The van der Waals surface area contributed by atoms with E-state index in [9.17, 15) is 4.79 Å². The molecule has 1 amide bonds. The van der Waals surface area contributed by atoms with Crippen LogP contribution in [0.15, 0.2) is 9.52 Å². The number of rotatable bonds is 4. The highest BCUT2D eigenvalue weighted by atomic mass is 35.5.